The molecule has 0 amide bonds. The van der Waals surface area contributed by atoms with E-state index in [-0.39, 0.29) is 0 Å². The molecular weight excluding hydrogens is 112 g/mol. The fraction of sp³-hybridized carbons (Fsp3) is 0.875. The summed E-state index contributed by atoms with van der Waals surface area (Å²) in [7, 11) is 0. The van der Waals surface area contributed by atoms with Gasteiger partial charge in [0.25, 0.3) is 0 Å². The van der Waals surface area contributed by atoms with Crippen LogP contribution in [0.25, 0.3) is 0 Å². The van der Waals surface area contributed by atoms with Crippen molar-refractivity contribution in [2.45, 2.75) is 26.2 Å². The van der Waals surface area contributed by atoms with E-state index in [0.717, 1.165) is 12.3 Å². The Morgan fingerprint density at radius 1 is 1.44 bits per heavy atom. The van der Waals surface area contributed by atoms with Gasteiger partial charge in [-0.15, -0.1) is 0 Å². The molecule has 0 aliphatic heterocycles. The average molecular weight is 124 g/mol. The smallest absolute Gasteiger partial charge is 0.139 e. The third-order valence-electron chi connectivity index (χ3n) is 2.74. The Bertz CT molecular complexity index is 147. The topological polar surface area (TPSA) is 17.1 Å². The molecule has 2 aliphatic carbocycles. The molecule has 0 aromatic carbocycles. The zero-order chi connectivity index (χ0) is 6.43. The standard InChI is InChI=1S/C8H12O/c1-5-2-3-6-4-7(6)8(5)9/h5-7H,2-4H2,1H3/t5-,6+,7-/m0/s1. The largest absolute Gasteiger partial charge is 0.299 e. The molecule has 0 spiro atoms. The zero-order valence-corrected chi connectivity index (χ0v) is 5.76. The van der Waals surface area contributed by atoms with Gasteiger partial charge in [-0.3, -0.25) is 4.79 Å². The SMILES string of the molecule is C[C@H]1CC[C@@H]2C[C@@H]2C1=O. The van der Waals surface area contributed by atoms with Gasteiger partial charge in [0, 0.05) is 11.8 Å². The van der Waals surface area contributed by atoms with E-state index >= 15 is 0 Å². The van der Waals surface area contributed by atoms with Gasteiger partial charge in [0.05, 0.1) is 0 Å². The van der Waals surface area contributed by atoms with Crippen molar-refractivity contribution in [1.82, 2.24) is 0 Å². The molecule has 2 fully saturated rings. The number of rotatable bonds is 0. The monoisotopic (exact) mass is 124 g/mol. The van der Waals surface area contributed by atoms with Crippen LogP contribution in [0.1, 0.15) is 26.2 Å². The number of carbonyl (C=O) groups is 1. The Balaban J connectivity index is 2.10. The fourth-order valence-corrected chi connectivity index (χ4v) is 1.89. The molecule has 9 heavy (non-hydrogen) atoms. The van der Waals surface area contributed by atoms with Gasteiger partial charge in [0.15, 0.2) is 0 Å². The van der Waals surface area contributed by atoms with Crippen molar-refractivity contribution in [2.24, 2.45) is 17.8 Å². The lowest BCUT2D eigenvalue weighted by molar-refractivity contribution is -0.125. The highest BCUT2D eigenvalue weighted by molar-refractivity contribution is 5.86. The van der Waals surface area contributed by atoms with Crippen LogP contribution >= 0.6 is 0 Å². The number of hydrogen-bond donors (Lipinski definition) is 0. The summed E-state index contributed by atoms with van der Waals surface area (Å²) in [6.45, 7) is 2.07. The van der Waals surface area contributed by atoms with Gasteiger partial charge in [-0.2, -0.15) is 0 Å². The van der Waals surface area contributed by atoms with Gasteiger partial charge in [-0.25, -0.2) is 0 Å². The summed E-state index contributed by atoms with van der Waals surface area (Å²) in [4.78, 5) is 11.2. The molecule has 2 aliphatic rings. The van der Waals surface area contributed by atoms with Crippen LogP contribution in [-0.4, -0.2) is 5.78 Å². The van der Waals surface area contributed by atoms with Crippen molar-refractivity contribution in [3.05, 3.63) is 0 Å². The van der Waals surface area contributed by atoms with Crippen molar-refractivity contribution in [3.8, 4) is 0 Å². The van der Waals surface area contributed by atoms with Crippen LogP contribution in [0.5, 0.6) is 0 Å². The van der Waals surface area contributed by atoms with Crippen molar-refractivity contribution in [1.29, 1.82) is 0 Å². The highest BCUT2D eigenvalue weighted by atomic mass is 16.1. The summed E-state index contributed by atoms with van der Waals surface area (Å²) in [5, 5.41) is 0. The first-order valence-corrected chi connectivity index (χ1v) is 3.83. The molecule has 1 heteroatoms. The van der Waals surface area contributed by atoms with E-state index < -0.39 is 0 Å². The molecule has 0 radical (unpaired) electrons. The number of carbonyl (C=O) groups excluding carboxylic acids is 1. The summed E-state index contributed by atoms with van der Waals surface area (Å²) >= 11 is 0. The quantitative estimate of drug-likeness (QED) is 0.479. The predicted octanol–water partition coefficient (Wildman–Crippen LogP) is 1.62. The first-order valence-electron chi connectivity index (χ1n) is 3.83. The zero-order valence-electron chi connectivity index (χ0n) is 5.76. The van der Waals surface area contributed by atoms with E-state index in [9.17, 15) is 4.79 Å². The van der Waals surface area contributed by atoms with Crippen LogP contribution in [0.2, 0.25) is 0 Å². The van der Waals surface area contributed by atoms with Crippen LogP contribution in [-0.2, 0) is 4.79 Å². The molecule has 0 N–H and O–H groups in total. The van der Waals surface area contributed by atoms with Gasteiger partial charge < -0.3 is 0 Å². The third-order valence-corrected chi connectivity index (χ3v) is 2.74. The normalized spacial score (nSPS) is 48.6. The molecule has 50 valence electrons. The molecule has 2 rings (SSSR count). The molecule has 2 saturated carbocycles. The maximum absolute atomic E-state index is 11.2. The summed E-state index contributed by atoms with van der Waals surface area (Å²) < 4.78 is 0. The Hall–Kier alpha value is -0.330. The Kier molecular flexibility index (Phi) is 0.961. The van der Waals surface area contributed by atoms with Crippen LogP contribution in [0, 0.1) is 17.8 Å². The van der Waals surface area contributed by atoms with Gasteiger partial charge in [-0.1, -0.05) is 6.92 Å². The second-order valence-electron chi connectivity index (χ2n) is 3.48. The molecular formula is C8H12O. The minimum absolute atomic E-state index is 0.383. The van der Waals surface area contributed by atoms with Crippen LogP contribution in [0.15, 0.2) is 0 Å². The minimum atomic E-state index is 0.383. The highest BCUT2D eigenvalue weighted by Crippen LogP contribution is 2.48. The molecule has 0 aromatic heterocycles. The fourth-order valence-electron chi connectivity index (χ4n) is 1.89. The van der Waals surface area contributed by atoms with Crippen LogP contribution in [0.3, 0.4) is 0 Å². The van der Waals surface area contributed by atoms with E-state index in [1.807, 2.05) is 0 Å². The van der Waals surface area contributed by atoms with Crippen molar-refractivity contribution in [3.63, 3.8) is 0 Å². The summed E-state index contributed by atoms with van der Waals surface area (Å²) in [5.74, 6) is 2.25. The van der Waals surface area contributed by atoms with E-state index in [2.05, 4.69) is 6.92 Å². The van der Waals surface area contributed by atoms with Gasteiger partial charge in [0.2, 0.25) is 0 Å². The maximum atomic E-state index is 11.2. The van der Waals surface area contributed by atoms with Crippen molar-refractivity contribution >= 4 is 5.78 Å². The van der Waals surface area contributed by atoms with Gasteiger partial charge in [-0.05, 0) is 25.2 Å². The van der Waals surface area contributed by atoms with E-state index in [0.29, 0.717) is 17.6 Å². The number of ketones is 1. The number of Topliss-reactive ketones (excluding diaryl/α,β-unsaturated/α-hetero) is 1. The summed E-state index contributed by atoms with van der Waals surface area (Å²) in [6.07, 6.45) is 3.68. The average Bonchev–Trinajstić information content (AvgIpc) is 2.58. The molecule has 0 saturated heterocycles. The first-order chi connectivity index (χ1) is 4.29. The molecule has 0 bridgehead atoms. The van der Waals surface area contributed by atoms with E-state index in [1.165, 1.54) is 12.8 Å². The van der Waals surface area contributed by atoms with E-state index in [1.54, 1.807) is 0 Å². The third kappa shape index (κ3) is 0.707. The molecule has 3 atom stereocenters. The lowest BCUT2D eigenvalue weighted by Gasteiger charge is -2.14. The van der Waals surface area contributed by atoms with Crippen LogP contribution in [0.4, 0.5) is 0 Å². The van der Waals surface area contributed by atoms with Gasteiger partial charge in [0.1, 0.15) is 5.78 Å². The molecule has 0 unspecified atom stereocenters. The predicted molar refractivity (Wildman–Crippen MR) is 35.0 cm³/mol. The van der Waals surface area contributed by atoms with E-state index in [4.69, 9.17) is 0 Å². The molecule has 0 heterocycles. The second-order valence-corrected chi connectivity index (χ2v) is 3.48. The lowest BCUT2D eigenvalue weighted by Crippen LogP contribution is -2.18. The minimum Gasteiger partial charge on any atom is -0.299 e. The Labute approximate surface area is 55.4 Å². The van der Waals surface area contributed by atoms with Crippen LogP contribution < -0.4 is 0 Å². The number of fused-ring (bicyclic) bond motifs is 1. The molecule has 0 aromatic rings. The lowest BCUT2D eigenvalue weighted by atomic mass is 9.90. The van der Waals surface area contributed by atoms with Gasteiger partial charge >= 0.3 is 0 Å². The Morgan fingerprint density at radius 2 is 2.22 bits per heavy atom. The maximum Gasteiger partial charge on any atom is 0.139 e. The first kappa shape index (κ1) is 5.45. The molecule has 1 nitrogen and oxygen atoms in total. The summed E-state index contributed by atoms with van der Waals surface area (Å²) in [5.41, 5.74) is 0. The second kappa shape index (κ2) is 1.59. The summed E-state index contributed by atoms with van der Waals surface area (Å²) in [6, 6.07) is 0. The van der Waals surface area contributed by atoms with Crippen molar-refractivity contribution in [2.75, 3.05) is 0 Å². The van der Waals surface area contributed by atoms with Crippen molar-refractivity contribution < 1.29 is 4.79 Å². The number of hydrogen-bond acceptors (Lipinski definition) is 1. The highest BCUT2D eigenvalue weighted by Gasteiger charge is 2.47. The Morgan fingerprint density at radius 3 is 2.89 bits per heavy atom.